The summed E-state index contributed by atoms with van der Waals surface area (Å²) >= 11 is 9.29. The summed E-state index contributed by atoms with van der Waals surface area (Å²) < 4.78 is 0.840. The van der Waals surface area contributed by atoms with Crippen molar-refractivity contribution in [1.29, 1.82) is 0 Å². The maximum absolute atomic E-state index is 11.7. The highest BCUT2D eigenvalue weighted by atomic mass is 79.9. The van der Waals surface area contributed by atoms with Crippen LogP contribution in [0.2, 0.25) is 5.02 Å². The quantitative estimate of drug-likeness (QED) is 0.863. The molecule has 100 valence electrons. The molecule has 3 nitrogen and oxygen atoms in total. The molecule has 18 heavy (non-hydrogen) atoms. The van der Waals surface area contributed by atoms with Crippen molar-refractivity contribution >= 4 is 39.1 Å². The smallest absolute Gasteiger partial charge is 0.239 e. The molecule has 0 fully saturated rings. The van der Waals surface area contributed by atoms with Crippen LogP contribution in [-0.4, -0.2) is 18.5 Å². The summed E-state index contributed by atoms with van der Waals surface area (Å²) in [5.41, 5.74) is 0.829. The fourth-order valence-electron chi connectivity index (χ4n) is 1.26. The van der Waals surface area contributed by atoms with Crippen LogP contribution in [0.1, 0.15) is 20.8 Å². The van der Waals surface area contributed by atoms with E-state index in [1.54, 1.807) is 6.07 Å². The van der Waals surface area contributed by atoms with E-state index in [2.05, 4.69) is 40.4 Å². The first-order valence-corrected chi connectivity index (χ1v) is 7.05. The number of halogens is 2. The normalized spacial score (nSPS) is 12.3. The number of carbonyl (C=O) groups is 1. The Labute approximate surface area is 121 Å². The van der Waals surface area contributed by atoms with Gasteiger partial charge in [-0.25, -0.2) is 0 Å². The molecule has 1 unspecified atom stereocenters. The van der Waals surface area contributed by atoms with Gasteiger partial charge in [0.1, 0.15) is 0 Å². The number of hydrogen-bond donors (Lipinski definition) is 2. The third-order valence-corrected chi connectivity index (χ3v) is 3.99. The first-order chi connectivity index (χ1) is 8.40. The van der Waals surface area contributed by atoms with Crippen molar-refractivity contribution in [3.8, 4) is 0 Å². The van der Waals surface area contributed by atoms with Gasteiger partial charge in [0.15, 0.2) is 0 Å². The second-order valence-electron chi connectivity index (χ2n) is 4.58. The zero-order valence-electron chi connectivity index (χ0n) is 10.8. The molecular formula is C13H18BrClN2O. The van der Waals surface area contributed by atoms with Crippen molar-refractivity contribution < 1.29 is 4.79 Å². The summed E-state index contributed by atoms with van der Waals surface area (Å²) in [5.74, 6) is 0.409. The monoisotopic (exact) mass is 332 g/mol. The van der Waals surface area contributed by atoms with E-state index in [9.17, 15) is 4.79 Å². The minimum absolute atomic E-state index is 0.0183. The van der Waals surface area contributed by atoms with Crippen LogP contribution in [0.3, 0.4) is 0 Å². The second-order valence-corrected chi connectivity index (χ2v) is 5.84. The lowest BCUT2D eigenvalue weighted by molar-refractivity contribution is -0.120. The molecule has 1 rings (SSSR count). The van der Waals surface area contributed by atoms with Gasteiger partial charge in [-0.3, -0.25) is 4.79 Å². The number of hydrogen-bond acceptors (Lipinski definition) is 2. The SMILES string of the molecule is CC(C)C(C)NC(=O)CNc1ccc(Br)c(Cl)c1. The standard InChI is InChI=1S/C13H18BrClN2O/c1-8(2)9(3)17-13(18)7-16-10-4-5-11(14)12(15)6-10/h4-6,8-9,16H,7H2,1-3H3,(H,17,18). The average molecular weight is 334 g/mol. The van der Waals surface area contributed by atoms with Gasteiger partial charge in [-0.15, -0.1) is 0 Å². The van der Waals surface area contributed by atoms with Gasteiger partial charge in [0.25, 0.3) is 0 Å². The average Bonchev–Trinajstić information content (AvgIpc) is 2.30. The van der Waals surface area contributed by atoms with Crippen molar-refractivity contribution in [3.05, 3.63) is 27.7 Å². The van der Waals surface area contributed by atoms with E-state index < -0.39 is 0 Å². The van der Waals surface area contributed by atoms with E-state index in [-0.39, 0.29) is 18.5 Å². The number of benzene rings is 1. The molecule has 0 heterocycles. The number of amides is 1. The van der Waals surface area contributed by atoms with Gasteiger partial charge >= 0.3 is 0 Å². The minimum atomic E-state index is -0.0183. The molecule has 0 radical (unpaired) electrons. The van der Waals surface area contributed by atoms with Crippen LogP contribution in [0.15, 0.2) is 22.7 Å². The Morgan fingerprint density at radius 2 is 2.06 bits per heavy atom. The summed E-state index contributed by atoms with van der Waals surface area (Å²) in [5, 5.41) is 6.59. The van der Waals surface area contributed by atoms with Gasteiger partial charge in [-0.2, -0.15) is 0 Å². The Hall–Kier alpha value is -0.740. The highest BCUT2D eigenvalue weighted by molar-refractivity contribution is 9.10. The molecule has 0 spiro atoms. The first kappa shape index (κ1) is 15.3. The molecule has 0 saturated heterocycles. The van der Waals surface area contributed by atoms with Gasteiger partial charge in [0.05, 0.1) is 11.6 Å². The van der Waals surface area contributed by atoms with E-state index in [1.807, 2.05) is 19.1 Å². The number of nitrogens with one attached hydrogen (secondary N) is 2. The fourth-order valence-corrected chi connectivity index (χ4v) is 1.69. The Morgan fingerprint density at radius 1 is 1.39 bits per heavy atom. The van der Waals surface area contributed by atoms with Crippen LogP contribution in [-0.2, 0) is 4.79 Å². The molecule has 0 aliphatic carbocycles. The molecule has 0 saturated carbocycles. The molecule has 1 aromatic carbocycles. The predicted molar refractivity (Wildman–Crippen MR) is 80.1 cm³/mol. The van der Waals surface area contributed by atoms with Crippen LogP contribution in [0, 0.1) is 5.92 Å². The third kappa shape index (κ3) is 4.86. The molecule has 5 heteroatoms. The van der Waals surface area contributed by atoms with E-state index >= 15 is 0 Å². The number of anilines is 1. The first-order valence-electron chi connectivity index (χ1n) is 5.88. The summed E-state index contributed by atoms with van der Waals surface area (Å²) in [7, 11) is 0. The van der Waals surface area contributed by atoms with Crippen LogP contribution >= 0.6 is 27.5 Å². The van der Waals surface area contributed by atoms with Crippen molar-refractivity contribution in [3.63, 3.8) is 0 Å². The molecule has 1 amide bonds. The third-order valence-electron chi connectivity index (χ3n) is 2.76. The molecule has 0 bridgehead atoms. The van der Waals surface area contributed by atoms with E-state index in [0.29, 0.717) is 10.9 Å². The highest BCUT2D eigenvalue weighted by Crippen LogP contribution is 2.25. The highest BCUT2D eigenvalue weighted by Gasteiger charge is 2.10. The molecule has 0 aromatic heterocycles. The molecular weight excluding hydrogens is 316 g/mol. The molecule has 2 N–H and O–H groups in total. The Bertz CT molecular complexity index is 423. The lowest BCUT2D eigenvalue weighted by Crippen LogP contribution is -2.39. The minimum Gasteiger partial charge on any atom is -0.376 e. The van der Waals surface area contributed by atoms with Crippen molar-refractivity contribution in [1.82, 2.24) is 5.32 Å². The van der Waals surface area contributed by atoms with Gasteiger partial charge in [0, 0.05) is 16.2 Å². The lowest BCUT2D eigenvalue weighted by atomic mass is 10.1. The van der Waals surface area contributed by atoms with E-state index in [1.165, 1.54) is 0 Å². The zero-order chi connectivity index (χ0) is 13.7. The summed E-state index contributed by atoms with van der Waals surface area (Å²) in [6, 6.07) is 5.67. The van der Waals surface area contributed by atoms with Crippen molar-refractivity contribution in [2.45, 2.75) is 26.8 Å². The number of carbonyl (C=O) groups excluding carboxylic acids is 1. The maximum Gasteiger partial charge on any atom is 0.239 e. The Balaban J connectivity index is 2.45. The summed E-state index contributed by atoms with van der Waals surface area (Å²) in [6.45, 7) is 6.40. The van der Waals surface area contributed by atoms with Crippen LogP contribution in [0.25, 0.3) is 0 Å². The molecule has 0 aliphatic rings. The van der Waals surface area contributed by atoms with E-state index in [0.717, 1.165) is 10.2 Å². The maximum atomic E-state index is 11.7. The van der Waals surface area contributed by atoms with Gasteiger partial charge in [-0.05, 0) is 47.0 Å². The Kier molecular flexibility index (Phi) is 5.96. The lowest BCUT2D eigenvalue weighted by Gasteiger charge is -2.17. The Morgan fingerprint density at radius 3 is 2.61 bits per heavy atom. The largest absolute Gasteiger partial charge is 0.376 e. The van der Waals surface area contributed by atoms with Crippen molar-refractivity contribution in [2.75, 3.05) is 11.9 Å². The number of rotatable bonds is 5. The second kappa shape index (κ2) is 7.00. The van der Waals surface area contributed by atoms with Crippen LogP contribution in [0.5, 0.6) is 0 Å². The van der Waals surface area contributed by atoms with Crippen LogP contribution < -0.4 is 10.6 Å². The van der Waals surface area contributed by atoms with E-state index in [4.69, 9.17) is 11.6 Å². The summed E-state index contributed by atoms with van der Waals surface area (Å²) in [4.78, 5) is 11.7. The van der Waals surface area contributed by atoms with Gasteiger partial charge in [-0.1, -0.05) is 25.4 Å². The van der Waals surface area contributed by atoms with Gasteiger partial charge in [0.2, 0.25) is 5.91 Å². The zero-order valence-corrected chi connectivity index (χ0v) is 13.1. The predicted octanol–water partition coefficient (Wildman–Crippen LogP) is 3.68. The van der Waals surface area contributed by atoms with Crippen molar-refractivity contribution in [2.24, 2.45) is 5.92 Å². The fraction of sp³-hybridized carbons (Fsp3) is 0.462. The molecule has 1 atom stereocenters. The topological polar surface area (TPSA) is 41.1 Å². The van der Waals surface area contributed by atoms with Gasteiger partial charge < -0.3 is 10.6 Å². The molecule has 0 aliphatic heterocycles. The summed E-state index contributed by atoms with van der Waals surface area (Å²) in [6.07, 6.45) is 0. The molecule has 1 aromatic rings. The van der Waals surface area contributed by atoms with Crippen LogP contribution in [0.4, 0.5) is 5.69 Å².